The normalized spacial score (nSPS) is 33.6. The summed E-state index contributed by atoms with van der Waals surface area (Å²) in [5, 5.41) is 3.51. The summed E-state index contributed by atoms with van der Waals surface area (Å²) in [6.07, 6.45) is 3.58. The van der Waals surface area contributed by atoms with E-state index in [2.05, 4.69) is 31.0 Å². The minimum Gasteiger partial charge on any atom is -0.372 e. The summed E-state index contributed by atoms with van der Waals surface area (Å²) in [6, 6.07) is 1.23. The van der Waals surface area contributed by atoms with E-state index in [0.29, 0.717) is 24.3 Å². The second-order valence-electron chi connectivity index (χ2n) is 5.32. The van der Waals surface area contributed by atoms with Gasteiger partial charge in [-0.2, -0.15) is 0 Å². The summed E-state index contributed by atoms with van der Waals surface area (Å²) < 4.78 is 5.84. The van der Waals surface area contributed by atoms with Crippen LogP contribution in [0.2, 0.25) is 0 Å². The van der Waals surface area contributed by atoms with Gasteiger partial charge in [-0.05, 0) is 19.8 Å². The van der Waals surface area contributed by atoms with Gasteiger partial charge in [0, 0.05) is 31.7 Å². The highest BCUT2D eigenvalue weighted by atomic mass is 16.5. The van der Waals surface area contributed by atoms with Crippen molar-refractivity contribution in [2.75, 3.05) is 19.6 Å². The molecule has 2 bridgehead atoms. The molecule has 0 saturated carbocycles. The van der Waals surface area contributed by atoms with Crippen LogP contribution in [0.4, 0.5) is 0 Å². The number of nitrogens with one attached hydrogen (secondary N) is 1. The van der Waals surface area contributed by atoms with Crippen molar-refractivity contribution in [1.29, 1.82) is 0 Å². The minimum absolute atomic E-state index is 0.519. The Kier molecular flexibility index (Phi) is 3.65. The molecule has 0 radical (unpaired) electrons. The van der Waals surface area contributed by atoms with Crippen molar-refractivity contribution in [2.24, 2.45) is 0 Å². The van der Waals surface area contributed by atoms with E-state index >= 15 is 0 Å². The lowest BCUT2D eigenvalue weighted by molar-refractivity contribution is -0.0502. The Labute approximate surface area is 93.2 Å². The zero-order valence-electron chi connectivity index (χ0n) is 10.2. The van der Waals surface area contributed by atoms with E-state index in [1.165, 1.54) is 12.8 Å². The molecule has 2 aliphatic rings. The first-order valence-electron chi connectivity index (χ1n) is 6.28. The largest absolute Gasteiger partial charge is 0.372 e. The maximum Gasteiger partial charge on any atom is 0.0707 e. The van der Waals surface area contributed by atoms with Crippen LogP contribution >= 0.6 is 0 Å². The predicted octanol–water partition coefficient (Wildman–Crippen LogP) is 1.24. The highest BCUT2D eigenvalue weighted by Gasteiger charge is 2.35. The van der Waals surface area contributed by atoms with Gasteiger partial charge < -0.3 is 10.1 Å². The molecule has 2 fully saturated rings. The first-order valence-corrected chi connectivity index (χ1v) is 6.28. The third-order valence-electron chi connectivity index (χ3n) is 3.52. The van der Waals surface area contributed by atoms with Gasteiger partial charge in [0.15, 0.2) is 0 Å². The summed E-state index contributed by atoms with van der Waals surface area (Å²) in [5.74, 6) is 0. The molecule has 88 valence electrons. The Morgan fingerprint density at radius 1 is 1.20 bits per heavy atom. The molecular weight excluding hydrogens is 188 g/mol. The molecule has 2 heterocycles. The number of hydrogen-bond donors (Lipinski definition) is 1. The Morgan fingerprint density at radius 2 is 1.80 bits per heavy atom. The second kappa shape index (κ2) is 4.81. The van der Waals surface area contributed by atoms with Crippen LogP contribution in [0.15, 0.2) is 0 Å². The van der Waals surface area contributed by atoms with Gasteiger partial charge in [-0.25, -0.2) is 0 Å². The van der Waals surface area contributed by atoms with Crippen molar-refractivity contribution in [3.63, 3.8) is 0 Å². The maximum absolute atomic E-state index is 5.84. The number of morpholine rings is 1. The van der Waals surface area contributed by atoms with Gasteiger partial charge in [-0.1, -0.05) is 13.8 Å². The van der Waals surface area contributed by atoms with Gasteiger partial charge in [0.2, 0.25) is 0 Å². The molecule has 1 N–H and O–H groups in total. The van der Waals surface area contributed by atoms with Crippen LogP contribution in [0.3, 0.4) is 0 Å². The third-order valence-corrected chi connectivity index (χ3v) is 3.52. The molecule has 2 saturated heterocycles. The highest BCUT2D eigenvalue weighted by molar-refractivity contribution is 4.87. The molecule has 3 atom stereocenters. The van der Waals surface area contributed by atoms with Crippen LogP contribution in [0.5, 0.6) is 0 Å². The van der Waals surface area contributed by atoms with E-state index in [1.54, 1.807) is 0 Å². The predicted molar refractivity (Wildman–Crippen MR) is 62.1 cm³/mol. The molecule has 0 aromatic carbocycles. The fraction of sp³-hybridized carbons (Fsp3) is 1.00. The van der Waals surface area contributed by atoms with E-state index in [1.807, 2.05) is 0 Å². The van der Waals surface area contributed by atoms with Crippen LogP contribution in [-0.2, 0) is 4.74 Å². The quantitative estimate of drug-likeness (QED) is 0.759. The summed E-state index contributed by atoms with van der Waals surface area (Å²) in [6.45, 7) is 10.1. The van der Waals surface area contributed by atoms with Crippen LogP contribution < -0.4 is 5.32 Å². The molecule has 2 rings (SSSR count). The van der Waals surface area contributed by atoms with E-state index in [0.717, 1.165) is 19.6 Å². The minimum atomic E-state index is 0.519. The van der Waals surface area contributed by atoms with Crippen molar-refractivity contribution in [3.05, 3.63) is 0 Å². The van der Waals surface area contributed by atoms with Crippen LogP contribution in [0, 0.1) is 0 Å². The zero-order chi connectivity index (χ0) is 10.8. The van der Waals surface area contributed by atoms with E-state index in [4.69, 9.17) is 4.74 Å². The van der Waals surface area contributed by atoms with Crippen molar-refractivity contribution >= 4 is 0 Å². The monoisotopic (exact) mass is 212 g/mol. The Morgan fingerprint density at radius 3 is 2.33 bits per heavy atom. The number of fused-ring (bicyclic) bond motifs is 2. The molecule has 0 aliphatic carbocycles. The fourth-order valence-corrected chi connectivity index (χ4v) is 2.54. The first-order chi connectivity index (χ1) is 7.15. The van der Waals surface area contributed by atoms with Gasteiger partial charge >= 0.3 is 0 Å². The Hall–Kier alpha value is -0.120. The SMILES string of the molecule is CC(C)NCC(C)N1CC2CCC(C1)O2. The van der Waals surface area contributed by atoms with Crippen molar-refractivity contribution in [2.45, 2.75) is 57.9 Å². The standard InChI is InChI=1S/C12H24N2O/c1-9(2)13-6-10(3)14-7-11-4-5-12(8-14)15-11/h9-13H,4-8H2,1-3H3. The van der Waals surface area contributed by atoms with Crippen LogP contribution in [0.25, 0.3) is 0 Å². The number of hydrogen-bond acceptors (Lipinski definition) is 3. The summed E-state index contributed by atoms with van der Waals surface area (Å²) in [5.41, 5.74) is 0. The molecule has 2 aliphatic heterocycles. The highest BCUT2D eigenvalue weighted by Crippen LogP contribution is 2.27. The van der Waals surface area contributed by atoms with Gasteiger partial charge in [-0.3, -0.25) is 4.90 Å². The average molecular weight is 212 g/mol. The van der Waals surface area contributed by atoms with Gasteiger partial charge in [0.05, 0.1) is 12.2 Å². The lowest BCUT2D eigenvalue weighted by atomic mass is 10.2. The summed E-state index contributed by atoms with van der Waals surface area (Å²) in [4.78, 5) is 2.58. The van der Waals surface area contributed by atoms with Gasteiger partial charge in [0.1, 0.15) is 0 Å². The zero-order valence-corrected chi connectivity index (χ0v) is 10.2. The fourth-order valence-electron chi connectivity index (χ4n) is 2.54. The summed E-state index contributed by atoms with van der Waals surface area (Å²) in [7, 11) is 0. The smallest absolute Gasteiger partial charge is 0.0707 e. The number of ether oxygens (including phenoxy) is 1. The molecule has 0 amide bonds. The van der Waals surface area contributed by atoms with Crippen molar-refractivity contribution in [1.82, 2.24) is 10.2 Å². The number of rotatable bonds is 4. The second-order valence-corrected chi connectivity index (χ2v) is 5.32. The maximum atomic E-state index is 5.84. The van der Waals surface area contributed by atoms with Crippen LogP contribution in [0.1, 0.15) is 33.6 Å². The first kappa shape index (κ1) is 11.4. The third kappa shape index (κ3) is 2.92. The van der Waals surface area contributed by atoms with Crippen LogP contribution in [-0.4, -0.2) is 48.8 Å². The molecular formula is C12H24N2O. The average Bonchev–Trinajstić information content (AvgIpc) is 2.54. The lowest BCUT2D eigenvalue weighted by Gasteiger charge is -2.36. The molecule has 0 aromatic heterocycles. The molecule has 15 heavy (non-hydrogen) atoms. The number of nitrogens with zero attached hydrogens (tertiary/aromatic N) is 1. The van der Waals surface area contributed by atoms with Crippen molar-refractivity contribution in [3.8, 4) is 0 Å². The molecule has 0 spiro atoms. The molecule has 0 aromatic rings. The molecule has 3 unspecified atom stereocenters. The summed E-state index contributed by atoms with van der Waals surface area (Å²) >= 11 is 0. The van der Waals surface area contributed by atoms with Gasteiger partial charge in [-0.15, -0.1) is 0 Å². The van der Waals surface area contributed by atoms with E-state index < -0.39 is 0 Å². The Balaban J connectivity index is 1.78. The van der Waals surface area contributed by atoms with Gasteiger partial charge in [0.25, 0.3) is 0 Å². The topological polar surface area (TPSA) is 24.5 Å². The number of likely N-dealkylation sites (tertiary alicyclic amines) is 1. The lowest BCUT2D eigenvalue weighted by Crippen LogP contribution is -2.50. The van der Waals surface area contributed by atoms with Crippen molar-refractivity contribution < 1.29 is 4.74 Å². The van der Waals surface area contributed by atoms with E-state index in [9.17, 15) is 0 Å². The molecule has 3 heteroatoms. The van der Waals surface area contributed by atoms with E-state index in [-0.39, 0.29) is 0 Å². The molecule has 3 nitrogen and oxygen atoms in total. The Bertz CT molecular complexity index is 196.